The predicted molar refractivity (Wildman–Crippen MR) is 97.3 cm³/mol. The lowest BCUT2D eigenvalue weighted by molar-refractivity contribution is -0.132. The second-order valence-electron chi connectivity index (χ2n) is 6.67. The molecule has 0 aromatic heterocycles. The zero-order chi connectivity index (χ0) is 17.4. The topological polar surface area (TPSA) is 49.4 Å². The first-order valence-electron chi connectivity index (χ1n) is 9.21. The number of nitrogens with one attached hydrogen (secondary N) is 1. The molecule has 1 fully saturated rings. The SMILES string of the molecule is CCCCc1ccc(C(=O)CCC(=O)N2CCC(NC)CC2)cc1. The number of benzene rings is 1. The molecule has 1 aromatic rings. The predicted octanol–water partition coefficient (Wildman–Crippen LogP) is 3.20. The summed E-state index contributed by atoms with van der Waals surface area (Å²) >= 11 is 0. The molecule has 132 valence electrons. The first-order valence-corrected chi connectivity index (χ1v) is 9.21. The molecule has 1 aromatic carbocycles. The third-order valence-electron chi connectivity index (χ3n) is 4.92. The van der Waals surface area contributed by atoms with Crippen molar-refractivity contribution in [3.63, 3.8) is 0 Å². The lowest BCUT2D eigenvalue weighted by Gasteiger charge is -2.31. The Morgan fingerprint density at radius 2 is 1.79 bits per heavy atom. The highest BCUT2D eigenvalue weighted by Crippen LogP contribution is 2.14. The Bertz CT molecular complexity index is 531. The van der Waals surface area contributed by atoms with E-state index >= 15 is 0 Å². The average Bonchev–Trinajstić information content (AvgIpc) is 2.64. The Kier molecular flexibility index (Phi) is 7.44. The molecular formula is C20H30N2O2. The minimum Gasteiger partial charge on any atom is -0.343 e. The van der Waals surface area contributed by atoms with Gasteiger partial charge in [-0.15, -0.1) is 0 Å². The monoisotopic (exact) mass is 330 g/mol. The van der Waals surface area contributed by atoms with Gasteiger partial charge in [-0.2, -0.15) is 0 Å². The number of likely N-dealkylation sites (tertiary alicyclic amines) is 1. The molecule has 0 unspecified atom stereocenters. The van der Waals surface area contributed by atoms with Crippen molar-refractivity contribution in [3.8, 4) is 0 Å². The summed E-state index contributed by atoms with van der Waals surface area (Å²) in [5.74, 6) is 0.174. The standard InChI is InChI=1S/C20H30N2O2/c1-3-4-5-16-6-8-17(9-7-16)19(23)10-11-20(24)22-14-12-18(21-2)13-15-22/h6-9,18,21H,3-5,10-15H2,1-2H3. The molecule has 4 nitrogen and oxygen atoms in total. The molecule has 1 heterocycles. The van der Waals surface area contributed by atoms with Gasteiger partial charge in [0.1, 0.15) is 0 Å². The van der Waals surface area contributed by atoms with Crippen molar-refractivity contribution < 1.29 is 9.59 Å². The molecule has 0 radical (unpaired) electrons. The molecule has 1 aliphatic heterocycles. The van der Waals surface area contributed by atoms with E-state index in [1.807, 2.05) is 36.2 Å². The van der Waals surface area contributed by atoms with Crippen molar-refractivity contribution >= 4 is 11.7 Å². The molecule has 0 aliphatic carbocycles. The second-order valence-corrected chi connectivity index (χ2v) is 6.67. The fourth-order valence-corrected chi connectivity index (χ4v) is 3.18. The number of piperidine rings is 1. The van der Waals surface area contributed by atoms with Crippen LogP contribution in [0.2, 0.25) is 0 Å². The molecule has 4 heteroatoms. The van der Waals surface area contributed by atoms with Gasteiger partial charge in [-0.1, -0.05) is 37.6 Å². The van der Waals surface area contributed by atoms with Crippen LogP contribution in [0.15, 0.2) is 24.3 Å². The number of aryl methyl sites for hydroxylation is 1. The summed E-state index contributed by atoms with van der Waals surface area (Å²) in [4.78, 5) is 26.4. The number of hydrogen-bond acceptors (Lipinski definition) is 3. The number of amides is 1. The number of Topliss-reactive ketones (excluding diaryl/α,β-unsaturated/α-hetero) is 1. The van der Waals surface area contributed by atoms with Gasteiger partial charge in [-0.3, -0.25) is 9.59 Å². The quantitative estimate of drug-likeness (QED) is 0.745. The fourth-order valence-electron chi connectivity index (χ4n) is 3.18. The summed E-state index contributed by atoms with van der Waals surface area (Å²) in [6, 6.07) is 8.38. The van der Waals surface area contributed by atoms with Crippen LogP contribution < -0.4 is 5.32 Å². The van der Waals surface area contributed by atoms with E-state index in [0.29, 0.717) is 18.9 Å². The van der Waals surface area contributed by atoms with E-state index in [-0.39, 0.29) is 11.7 Å². The number of unbranched alkanes of at least 4 members (excludes halogenated alkanes) is 1. The molecule has 1 N–H and O–H groups in total. The average molecular weight is 330 g/mol. The Hall–Kier alpha value is -1.68. The van der Waals surface area contributed by atoms with E-state index in [0.717, 1.165) is 37.9 Å². The largest absolute Gasteiger partial charge is 0.343 e. The third-order valence-corrected chi connectivity index (χ3v) is 4.92. The molecule has 1 aliphatic rings. The first kappa shape index (κ1) is 18.7. The van der Waals surface area contributed by atoms with Gasteiger partial charge in [0, 0.05) is 37.5 Å². The van der Waals surface area contributed by atoms with Crippen LogP contribution in [-0.2, 0) is 11.2 Å². The number of rotatable bonds is 8. The molecule has 24 heavy (non-hydrogen) atoms. The van der Waals surface area contributed by atoms with E-state index in [2.05, 4.69) is 12.2 Å². The Labute approximate surface area is 145 Å². The van der Waals surface area contributed by atoms with Gasteiger partial charge in [-0.05, 0) is 38.3 Å². The third kappa shape index (κ3) is 5.45. The van der Waals surface area contributed by atoms with E-state index in [1.54, 1.807) is 0 Å². The normalized spacial score (nSPS) is 15.5. The highest BCUT2D eigenvalue weighted by molar-refractivity contribution is 5.98. The lowest BCUT2D eigenvalue weighted by Crippen LogP contribution is -2.44. The maximum absolute atomic E-state index is 12.3. The zero-order valence-electron chi connectivity index (χ0n) is 15.0. The number of carbonyl (C=O) groups is 2. The van der Waals surface area contributed by atoms with Crippen molar-refractivity contribution in [2.45, 2.75) is 57.9 Å². The summed E-state index contributed by atoms with van der Waals surface area (Å²) in [6.07, 6.45) is 6.02. The van der Waals surface area contributed by atoms with E-state index in [9.17, 15) is 9.59 Å². The van der Waals surface area contributed by atoms with Crippen molar-refractivity contribution in [1.29, 1.82) is 0 Å². The van der Waals surface area contributed by atoms with Gasteiger partial charge < -0.3 is 10.2 Å². The molecular weight excluding hydrogens is 300 g/mol. The van der Waals surface area contributed by atoms with Gasteiger partial charge >= 0.3 is 0 Å². The van der Waals surface area contributed by atoms with Crippen LogP contribution in [0.1, 0.15) is 61.4 Å². The van der Waals surface area contributed by atoms with Crippen LogP contribution in [0, 0.1) is 0 Å². The van der Waals surface area contributed by atoms with Gasteiger partial charge in [0.15, 0.2) is 5.78 Å². The molecule has 1 amide bonds. The first-order chi connectivity index (χ1) is 11.6. The minimum atomic E-state index is 0.0653. The number of carbonyl (C=O) groups excluding carboxylic acids is 2. The summed E-state index contributed by atoms with van der Waals surface area (Å²) in [6.45, 7) is 3.77. The smallest absolute Gasteiger partial charge is 0.223 e. The van der Waals surface area contributed by atoms with Crippen molar-refractivity contribution in [2.24, 2.45) is 0 Å². The fraction of sp³-hybridized carbons (Fsp3) is 0.600. The Morgan fingerprint density at radius 3 is 2.38 bits per heavy atom. The molecule has 0 atom stereocenters. The highest BCUT2D eigenvalue weighted by atomic mass is 16.2. The Morgan fingerprint density at radius 1 is 1.12 bits per heavy atom. The Balaban J connectivity index is 1.77. The van der Waals surface area contributed by atoms with Crippen LogP contribution in [-0.4, -0.2) is 42.8 Å². The van der Waals surface area contributed by atoms with Gasteiger partial charge in [0.05, 0.1) is 0 Å². The number of nitrogens with zero attached hydrogens (tertiary/aromatic N) is 1. The minimum absolute atomic E-state index is 0.0653. The van der Waals surface area contributed by atoms with E-state index in [1.165, 1.54) is 18.4 Å². The summed E-state index contributed by atoms with van der Waals surface area (Å²) < 4.78 is 0. The van der Waals surface area contributed by atoms with Crippen molar-refractivity contribution in [1.82, 2.24) is 10.2 Å². The van der Waals surface area contributed by atoms with Crippen molar-refractivity contribution in [2.75, 3.05) is 20.1 Å². The van der Waals surface area contributed by atoms with Crippen molar-refractivity contribution in [3.05, 3.63) is 35.4 Å². The van der Waals surface area contributed by atoms with Crippen LogP contribution in [0.3, 0.4) is 0 Å². The summed E-state index contributed by atoms with van der Waals surface area (Å²) in [7, 11) is 1.97. The second kappa shape index (κ2) is 9.58. The summed E-state index contributed by atoms with van der Waals surface area (Å²) in [5, 5.41) is 3.26. The zero-order valence-corrected chi connectivity index (χ0v) is 15.0. The van der Waals surface area contributed by atoms with Crippen LogP contribution >= 0.6 is 0 Å². The van der Waals surface area contributed by atoms with Crippen LogP contribution in [0.4, 0.5) is 0 Å². The van der Waals surface area contributed by atoms with Gasteiger partial charge in [-0.25, -0.2) is 0 Å². The summed E-state index contributed by atoms with van der Waals surface area (Å²) in [5.41, 5.74) is 1.99. The van der Waals surface area contributed by atoms with Crippen LogP contribution in [0.5, 0.6) is 0 Å². The highest BCUT2D eigenvalue weighted by Gasteiger charge is 2.22. The number of ketones is 1. The van der Waals surface area contributed by atoms with Gasteiger partial charge in [0.25, 0.3) is 0 Å². The van der Waals surface area contributed by atoms with Crippen LogP contribution in [0.25, 0.3) is 0 Å². The molecule has 2 rings (SSSR count). The lowest BCUT2D eigenvalue weighted by atomic mass is 10.0. The maximum atomic E-state index is 12.3. The molecule has 1 saturated heterocycles. The molecule has 0 saturated carbocycles. The maximum Gasteiger partial charge on any atom is 0.223 e. The molecule has 0 bridgehead atoms. The van der Waals surface area contributed by atoms with Gasteiger partial charge in [0.2, 0.25) is 5.91 Å². The van der Waals surface area contributed by atoms with E-state index in [4.69, 9.17) is 0 Å². The molecule has 0 spiro atoms. The number of hydrogen-bond donors (Lipinski definition) is 1. The van der Waals surface area contributed by atoms with E-state index < -0.39 is 0 Å².